The third-order valence-electron chi connectivity index (χ3n) is 4.90. The van der Waals surface area contributed by atoms with E-state index < -0.39 is 6.03 Å². The Balaban J connectivity index is 1.68. The fourth-order valence-electron chi connectivity index (χ4n) is 3.14. The number of urea groups is 1. The number of carbonyl (C=O) groups excluding carboxylic acids is 2. The molecule has 0 unspecified atom stereocenters. The van der Waals surface area contributed by atoms with Crippen LogP contribution in [0.3, 0.4) is 0 Å². The molecule has 7 nitrogen and oxygen atoms in total. The summed E-state index contributed by atoms with van der Waals surface area (Å²) in [7, 11) is 1.96. The van der Waals surface area contributed by atoms with E-state index in [2.05, 4.69) is 11.9 Å². The summed E-state index contributed by atoms with van der Waals surface area (Å²) < 4.78 is 2.00. The van der Waals surface area contributed by atoms with Crippen molar-refractivity contribution in [2.75, 3.05) is 18.4 Å². The Labute approximate surface area is 170 Å². The quantitative estimate of drug-likeness (QED) is 0.702. The van der Waals surface area contributed by atoms with E-state index in [-0.39, 0.29) is 25.0 Å². The molecule has 1 N–H and O–H groups in total. The van der Waals surface area contributed by atoms with E-state index in [1.54, 1.807) is 30.3 Å². The highest BCUT2D eigenvalue weighted by Crippen LogP contribution is 2.28. The number of nitrogens with one attached hydrogen (secondary N) is 1. The van der Waals surface area contributed by atoms with E-state index in [9.17, 15) is 9.59 Å². The number of nitriles is 1. The van der Waals surface area contributed by atoms with Crippen LogP contribution in [0.25, 0.3) is 0 Å². The summed E-state index contributed by atoms with van der Waals surface area (Å²) in [6.07, 6.45) is 5.53. The van der Waals surface area contributed by atoms with E-state index in [1.165, 1.54) is 4.90 Å². The van der Waals surface area contributed by atoms with Gasteiger partial charge in [-0.05, 0) is 43.2 Å². The molecule has 29 heavy (non-hydrogen) atoms. The Bertz CT molecular complexity index is 939. The van der Waals surface area contributed by atoms with Crippen LogP contribution >= 0.6 is 0 Å². The summed E-state index contributed by atoms with van der Waals surface area (Å²) in [5.74, 6) is -0.0866. The summed E-state index contributed by atoms with van der Waals surface area (Å²) in [5.41, 5.74) is 2.02. The van der Waals surface area contributed by atoms with Crippen molar-refractivity contribution in [1.29, 1.82) is 5.26 Å². The first kappa shape index (κ1) is 20.2. The smallest absolute Gasteiger partial charge is 0.322 e. The second kappa shape index (κ2) is 9.11. The summed E-state index contributed by atoms with van der Waals surface area (Å²) in [6, 6.07) is 12.5. The number of hydrogen-bond donors (Lipinski definition) is 1. The number of rotatable bonds is 8. The molecule has 0 atom stereocenters. The van der Waals surface area contributed by atoms with Crippen molar-refractivity contribution in [3.05, 3.63) is 66.5 Å². The minimum atomic E-state index is -0.400. The van der Waals surface area contributed by atoms with Gasteiger partial charge in [-0.3, -0.25) is 4.79 Å². The third-order valence-corrected chi connectivity index (χ3v) is 4.90. The minimum Gasteiger partial charge on any atom is -0.353 e. The average Bonchev–Trinajstić information content (AvgIpc) is 3.47. The maximum absolute atomic E-state index is 13.0. The number of hydrogen-bond acceptors (Lipinski definition) is 3. The van der Waals surface area contributed by atoms with Crippen LogP contribution in [0.2, 0.25) is 0 Å². The molecule has 1 aliphatic rings. The van der Waals surface area contributed by atoms with Gasteiger partial charge >= 0.3 is 6.03 Å². The molecule has 150 valence electrons. The summed E-state index contributed by atoms with van der Waals surface area (Å²) >= 11 is 0. The van der Waals surface area contributed by atoms with Crippen LogP contribution in [0.4, 0.5) is 10.5 Å². The van der Waals surface area contributed by atoms with Gasteiger partial charge < -0.3 is 19.7 Å². The number of nitrogens with zero attached hydrogens (tertiary/aromatic N) is 4. The zero-order chi connectivity index (χ0) is 20.8. The molecule has 0 radical (unpaired) electrons. The zero-order valence-corrected chi connectivity index (χ0v) is 16.5. The molecule has 7 heteroatoms. The molecular weight excluding hydrogens is 366 g/mol. The van der Waals surface area contributed by atoms with E-state index in [1.807, 2.05) is 40.9 Å². The SMILES string of the molecule is C=CCN(CC(=O)N(Cc1cccn1C)C1CC1)C(=O)Nc1cccc(C#N)c1. The maximum atomic E-state index is 13.0. The van der Waals surface area contributed by atoms with Crippen molar-refractivity contribution >= 4 is 17.6 Å². The Morgan fingerprint density at radius 2 is 2.14 bits per heavy atom. The Morgan fingerprint density at radius 1 is 1.34 bits per heavy atom. The summed E-state index contributed by atoms with van der Waals surface area (Å²) in [6.45, 7) is 4.44. The van der Waals surface area contributed by atoms with Crippen molar-refractivity contribution in [2.24, 2.45) is 7.05 Å². The van der Waals surface area contributed by atoms with Crippen molar-refractivity contribution in [2.45, 2.75) is 25.4 Å². The second-order valence-electron chi connectivity index (χ2n) is 7.16. The molecule has 0 bridgehead atoms. The Hall–Kier alpha value is -3.53. The first-order valence-corrected chi connectivity index (χ1v) is 9.58. The second-order valence-corrected chi connectivity index (χ2v) is 7.16. The lowest BCUT2D eigenvalue weighted by Crippen LogP contribution is -2.45. The van der Waals surface area contributed by atoms with E-state index in [0.717, 1.165) is 18.5 Å². The summed E-state index contributed by atoms with van der Waals surface area (Å²) in [4.78, 5) is 29.0. The lowest BCUT2D eigenvalue weighted by molar-refractivity contribution is -0.133. The Kier molecular flexibility index (Phi) is 6.35. The highest BCUT2D eigenvalue weighted by molar-refractivity contribution is 5.92. The van der Waals surface area contributed by atoms with E-state index >= 15 is 0 Å². The van der Waals surface area contributed by atoms with Gasteiger partial charge in [-0.15, -0.1) is 6.58 Å². The van der Waals surface area contributed by atoms with Crippen molar-refractivity contribution in [3.8, 4) is 6.07 Å². The standard InChI is InChI=1S/C22H25N5O2/c1-3-11-26(22(29)24-18-7-4-6-17(13-18)14-23)16-21(28)27(19-9-10-19)15-20-8-5-12-25(20)2/h3-8,12-13,19H,1,9-11,15-16H2,2H3,(H,24,29). The van der Waals surface area contributed by atoms with Gasteiger partial charge in [0.15, 0.2) is 0 Å². The molecule has 3 rings (SSSR count). The zero-order valence-electron chi connectivity index (χ0n) is 16.5. The van der Waals surface area contributed by atoms with Gasteiger partial charge in [0, 0.05) is 37.2 Å². The molecule has 1 aliphatic carbocycles. The molecule has 1 heterocycles. The van der Waals surface area contributed by atoms with Gasteiger partial charge in [0.1, 0.15) is 6.54 Å². The third kappa shape index (κ3) is 5.26. The minimum absolute atomic E-state index is 0.0310. The predicted molar refractivity (Wildman–Crippen MR) is 111 cm³/mol. The highest BCUT2D eigenvalue weighted by Gasteiger charge is 2.34. The van der Waals surface area contributed by atoms with Crippen molar-refractivity contribution in [1.82, 2.24) is 14.4 Å². The number of aromatic nitrogens is 1. The van der Waals surface area contributed by atoms with Crippen LogP contribution in [0, 0.1) is 11.3 Å². The highest BCUT2D eigenvalue weighted by atomic mass is 16.2. The van der Waals surface area contributed by atoms with Gasteiger partial charge in [-0.1, -0.05) is 12.1 Å². The number of amides is 3. The molecule has 1 fully saturated rings. The first-order valence-electron chi connectivity index (χ1n) is 9.58. The molecular formula is C22H25N5O2. The van der Waals surface area contributed by atoms with Crippen LogP contribution in [0.1, 0.15) is 24.1 Å². The van der Waals surface area contributed by atoms with Crippen LogP contribution in [0.5, 0.6) is 0 Å². The molecule has 2 aromatic rings. The number of benzene rings is 1. The molecule has 0 aliphatic heterocycles. The summed E-state index contributed by atoms with van der Waals surface area (Å²) in [5, 5.41) is 11.8. The number of anilines is 1. The van der Waals surface area contributed by atoms with Crippen LogP contribution in [-0.4, -0.2) is 45.4 Å². The van der Waals surface area contributed by atoms with Crippen molar-refractivity contribution < 1.29 is 9.59 Å². The molecule has 1 aromatic carbocycles. The average molecular weight is 391 g/mol. The van der Waals surface area contributed by atoms with Gasteiger partial charge in [0.05, 0.1) is 18.2 Å². The van der Waals surface area contributed by atoms with Crippen LogP contribution in [0.15, 0.2) is 55.3 Å². The van der Waals surface area contributed by atoms with Crippen LogP contribution in [-0.2, 0) is 18.4 Å². The van der Waals surface area contributed by atoms with E-state index in [4.69, 9.17) is 5.26 Å². The normalized spacial score (nSPS) is 12.7. The van der Waals surface area contributed by atoms with Crippen molar-refractivity contribution in [3.63, 3.8) is 0 Å². The number of aryl methyl sites for hydroxylation is 1. The van der Waals surface area contributed by atoms with Gasteiger partial charge in [0.25, 0.3) is 0 Å². The van der Waals surface area contributed by atoms with E-state index in [0.29, 0.717) is 17.8 Å². The molecule has 3 amide bonds. The fraction of sp³-hybridized carbons (Fsp3) is 0.318. The lowest BCUT2D eigenvalue weighted by atomic mass is 10.2. The van der Waals surface area contributed by atoms with Gasteiger partial charge in [0.2, 0.25) is 5.91 Å². The van der Waals surface area contributed by atoms with Gasteiger partial charge in [-0.2, -0.15) is 5.26 Å². The predicted octanol–water partition coefficient (Wildman–Crippen LogP) is 3.11. The lowest BCUT2D eigenvalue weighted by Gasteiger charge is -2.27. The van der Waals surface area contributed by atoms with Crippen LogP contribution < -0.4 is 5.32 Å². The fourth-order valence-corrected chi connectivity index (χ4v) is 3.14. The monoisotopic (exact) mass is 391 g/mol. The molecule has 1 saturated carbocycles. The Morgan fingerprint density at radius 3 is 2.76 bits per heavy atom. The largest absolute Gasteiger partial charge is 0.353 e. The number of carbonyl (C=O) groups is 2. The topological polar surface area (TPSA) is 81.4 Å². The maximum Gasteiger partial charge on any atom is 0.322 e. The molecule has 0 saturated heterocycles. The molecule has 1 aromatic heterocycles. The van der Waals surface area contributed by atoms with Gasteiger partial charge in [-0.25, -0.2) is 4.79 Å². The molecule has 0 spiro atoms. The first-order chi connectivity index (χ1) is 14.0.